The van der Waals surface area contributed by atoms with Crippen molar-refractivity contribution in [3.05, 3.63) is 64.5 Å². The van der Waals surface area contributed by atoms with Crippen molar-refractivity contribution >= 4 is 22.6 Å². The van der Waals surface area contributed by atoms with Gasteiger partial charge in [-0.05, 0) is 67.6 Å². The number of hydrogen-bond acceptors (Lipinski definition) is 4. The Kier molecular flexibility index (Phi) is 7.80. The number of nitrogens with zero attached hydrogens (tertiary/aromatic N) is 2. The largest absolute Gasteiger partial charge is 0.416 e. The number of hydrogen-bond donors (Lipinski definition) is 2. The smallest absolute Gasteiger partial charge is 0.363 e. The van der Waals surface area contributed by atoms with Crippen LogP contribution in [0.4, 0.5) is 32.2 Å². The van der Waals surface area contributed by atoms with Gasteiger partial charge >= 0.3 is 12.4 Å². The van der Waals surface area contributed by atoms with Crippen LogP contribution in [0.1, 0.15) is 60.3 Å². The summed E-state index contributed by atoms with van der Waals surface area (Å²) in [5.74, 6) is -0.279. The van der Waals surface area contributed by atoms with E-state index in [1.54, 1.807) is 39.0 Å². The lowest BCUT2D eigenvalue weighted by Gasteiger charge is -2.20. The second kappa shape index (κ2) is 10.3. The highest BCUT2D eigenvalue weighted by atomic mass is 19.4. The van der Waals surface area contributed by atoms with Gasteiger partial charge in [0.25, 0.3) is 0 Å². The number of aromatic nitrogens is 2. The van der Waals surface area contributed by atoms with Gasteiger partial charge in [0.05, 0.1) is 11.1 Å². The average molecular weight is 512 g/mol. The van der Waals surface area contributed by atoms with E-state index in [9.17, 15) is 31.1 Å². The van der Waals surface area contributed by atoms with Crippen LogP contribution in [-0.2, 0) is 11.0 Å². The molecule has 1 unspecified atom stereocenters. The molecule has 3 rings (SSSR count). The molecular formula is C25H26F6N4O. The zero-order valence-corrected chi connectivity index (χ0v) is 20.1. The molecule has 2 atom stereocenters. The highest BCUT2D eigenvalue weighted by molar-refractivity contribution is 5.91. The Balaban J connectivity index is 1.91. The molecule has 5 nitrogen and oxygen atoms in total. The fourth-order valence-corrected chi connectivity index (χ4v) is 3.99. The van der Waals surface area contributed by atoms with Crippen molar-refractivity contribution in [1.29, 1.82) is 0 Å². The van der Waals surface area contributed by atoms with Crippen molar-refractivity contribution in [2.24, 2.45) is 0 Å². The lowest BCUT2D eigenvalue weighted by Crippen LogP contribution is -2.34. The lowest BCUT2D eigenvalue weighted by molar-refractivity contribution is -0.138. The Labute approximate surface area is 204 Å². The van der Waals surface area contributed by atoms with E-state index in [0.29, 0.717) is 28.1 Å². The number of alkyl halides is 6. The molecular weight excluding hydrogens is 486 g/mol. The first kappa shape index (κ1) is 27.2. The molecule has 0 saturated heterocycles. The Morgan fingerprint density at radius 2 is 1.69 bits per heavy atom. The number of rotatable bonds is 7. The second-order valence-corrected chi connectivity index (χ2v) is 8.83. The van der Waals surface area contributed by atoms with Crippen molar-refractivity contribution in [3.8, 4) is 0 Å². The summed E-state index contributed by atoms with van der Waals surface area (Å²) in [7, 11) is 0. The number of nitrogens with one attached hydrogen (secondary N) is 2. The molecule has 2 aromatic carbocycles. The van der Waals surface area contributed by atoms with Crippen LogP contribution in [0.25, 0.3) is 10.9 Å². The fourth-order valence-electron chi connectivity index (χ4n) is 3.99. The number of anilines is 1. The Morgan fingerprint density at radius 1 is 1.00 bits per heavy atom. The molecule has 1 heterocycles. The maximum Gasteiger partial charge on any atom is 0.416 e. The number of carbonyl (C=O) groups is 1. The molecule has 0 aliphatic rings. The number of halogens is 6. The second-order valence-electron chi connectivity index (χ2n) is 8.83. The third-order valence-electron chi connectivity index (χ3n) is 5.77. The van der Waals surface area contributed by atoms with Crippen molar-refractivity contribution in [2.75, 3.05) is 11.9 Å². The first-order valence-electron chi connectivity index (χ1n) is 11.2. The molecule has 0 aliphatic carbocycles. The van der Waals surface area contributed by atoms with E-state index < -0.39 is 42.3 Å². The highest BCUT2D eigenvalue weighted by Gasteiger charge is 2.31. The maximum atomic E-state index is 13.1. The molecule has 0 aliphatic heterocycles. The van der Waals surface area contributed by atoms with Gasteiger partial charge in [-0.3, -0.25) is 4.79 Å². The molecule has 11 heteroatoms. The van der Waals surface area contributed by atoms with E-state index in [-0.39, 0.29) is 6.42 Å². The number of aryl methyl sites for hydroxylation is 2. The summed E-state index contributed by atoms with van der Waals surface area (Å²) in [6, 6.07) is 8.04. The summed E-state index contributed by atoms with van der Waals surface area (Å²) in [5, 5.41) is 5.62. The van der Waals surface area contributed by atoms with Gasteiger partial charge in [0.2, 0.25) is 5.91 Å². The van der Waals surface area contributed by atoms with E-state index in [2.05, 4.69) is 15.3 Å². The number of fused-ring (bicyclic) bond motifs is 1. The molecule has 194 valence electrons. The van der Waals surface area contributed by atoms with Crippen molar-refractivity contribution in [2.45, 2.75) is 58.4 Å². The summed E-state index contributed by atoms with van der Waals surface area (Å²) in [6.07, 6.45) is -9.12. The molecule has 2 N–H and O–H groups in total. The van der Waals surface area contributed by atoms with Crippen LogP contribution in [0.3, 0.4) is 0 Å². The number of amides is 1. The minimum atomic E-state index is -4.50. The minimum Gasteiger partial charge on any atom is -0.363 e. The summed E-state index contributed by atoms with van der Waals surface area (Å²) >= 11 is 0. The fraction of sp³-hybridized carbons (Fsp3) is 0.400. The maximum absolute atomic E-state index is 13.1. The number of benzene rings is 2. The van der Waals surface area contributed by atoms with Crippen LogP contribution >= 0.6 is 0 Å². The molecule has 3 aromatic rings. The van der Waals surface area contributed by atoms with Gasteiger partial charge in [0.15, 0.2) is 0 Å². The summed E-state index contributed by atoms with van der Waals surface area (Å²) in [4.78, 5) is 20.9. The minimum absolute atomic E-state index is 0.154. The molecule has 0 spiro atoms. The van der Waals surface area contributed by atoms with Crippen LogP contribution in [0.15, 0.2) is 36.4 Å². The molecule has 0 saturated carbocycles. The van der Waals surface area contributed by atoms with E-state index >= 15 is 0 Å². The van der Waals surface area contributed by atoms with Crippen LogP contribution in [0, 0.1) is 13.8 Å². The standard InChI is InChI=1S/C25H26F6N4O/c1-13-8-21-20(11-19(13)14(2)9-22(36)32-12-24(26,27)28)23(35-16(4)34-21)33-15(3)17-6-5-7-18(10-17)25(29,30)31/h5-8,10-11,14-15H,9,12H2,1-4H3,(H,32,36)(H,33,34,35)/t14?,15-/m1/s1. The van der Waals surface area contributed by atoms with Gasteiger partial charge in [0, 0.05) is 17.8 Å². The zero-order chi connectivity index (χ0) is 26.8. The third-order valence-corrected chi connectivity index (χ3v) is 5.77. The first-order chi connectivity index (χ1) is 16.6. The summed E-state index contributed by atoms with van der Waals surface area (Å²) < 4.78 is 76.7. The van der Waals surface area contributed by atoms with Gasteiger partial charge in [-0.2, -0.15) is 26.3 Å². The first-order valence-corrected chi connectivity index (χ1v) is 11.2. The molecule has 1 amide bonds. The Morgan fingerprint density at radius 3 is 2.33 bits per heavy atom. The Hall–Kier alpha value is -3.37. The van der Waals surface area contributed by atoms with Crippen LogP contribution in [0.5, 0.6) is 0 Å². The normalized spacial score (nSPS) is 13.9. The van der Waals surface area contributed by atoms with E-state index in [0.717, 1.165) is 23.3 Å². The van der Waals surface area contributed by atoms with Gasteiger partial charge in [-0.1, -0.05) is 19.1 Å². The van der Waals surface area contributed by atoms with E-state index in [1.807, 2.05) is 12.2 Å². The van der Waals surface area contributed by atoms with Crippen LogP contribution in [-0.4, -0.2) is 28.6 Å². The molecule has 1 aromatic heterocycles. The van der Waals surface area contributed by atoms with Crippen molar-refractivity contribution in [1.82, 2.24) is 15.3 Å². The molecule has 36 heavy (non-hydrogen) atoms. The third kappa shape index (κ3) is 6.86. The van der Waals surface area contributed by atoms with Gasteiger partial charge < -0.3 is 10.6 Å². The van der Waals surface area contributed by atoms with Gasteiger partial charge in [-0.15, -0.1) is 0 Å². The number of carbonyl (C=O) groups excluding carboxylic acids is 1. The average Bonchev–Trinajstić information content (AvgIpc) is 2.76. The molecule has 0 radical (unpaired) electrons. The van der Waals surface area contributed by atoms with Crippen molar-refractivity contribution in [3.63, 3.8) is 0 Å². The van der Waals surface area contributed by atoms with E-state index in [1.165, 1.54) is 6.07 Å². The zero-order valence-electron chi connectivity index (χ0n) is 20.1. The topological polar surface area (TPSA) is 66.9 Å². The quantitative estimate of drug-likeness (QED) is 0.350. The monoisotopic (exact) mass is 512 g/mol. The molecule has 0 bridgehead atoms. The highest BCUT2D eigenvalue weighted by Crippen LogP contribution is 2.34. The van der Waals surface area contributed by atoms with Gasteiger partial charge in [-0.25, -0.2) is 9.97 Å². The molecule has 0 fully saturated rings. The van der Waals surface area contributed by atoms with Crippen LogP contribution < -0.4 is 10.6 Å². The lowest BCUT2D eigenvalue weighted by atomic mass is 9.91. The summed E-state index contributed by atoms with van der Waals surface area (Å²) in [6.45, 7) is 5.55. The predicted molar refractivity (Wildman–Crippen MR) is 125 cm³/mol. The van der Waals surface area contributed by atoms with Crippen LogP contribution in [0.2, 0.25) is 0 Å². The Bertz CT molecular complexity index is 1260. The van der Waals surface area contributed by atoms with Gasteiger partial charge in [0.1, 0.15) is 18.2 Å². The summed E-state index contributed by atoms with van der Waals surface area (Å²) in [5.41, 5.74) is 1.78. The predicted octanol–water partition coefficient (Wildman–Crippen LogP) is 6.61. The SMILES string of the molecule is Cc1nc(N[C@H](C)c2cccc(C(F)(F)F)c2)c2cc(C(C)CC(=O)NCC(F)(F)F)c(C)cc2n1. The van der Waals surface area contributed by atoms with E-state index in [4.69, 9.17) is 0 Å². The van der Waals surface area contributed by atoms with Crippen molar-refractivity contribution < 1.29 is 31.1 Å².